The predicted octanol–water partition coefficient (Wildman–Crippen LogP) is 13.7. The summed E-state index contributed by atoms with van der Waals surface area (Å²) >= 11 is 0.286. The Hall–Kier alpha value is -4.50. The van der Waals surface area contributed by atoms with E-state index in [-0.39, 0.29) is 45.3 Å². The van der Waals surface area contributed by atoms with Crippen molar-refractivity contribution < 1.29 is 4.74 Å². The molecule has 0 aliphatic heterocycles. The number of rotatable bonds is 5. The second kappa shape index (κ2) is 13.6. The van der Waals surface area contributed by atoms with Crippen molar-refractivity contribution >= 4 is 78.4 Å². The van der Waals surface area contributed by atoms with Crippen molar-refractivity contribution in [1.29, 1.82) is 0 Å². The summed E-state index contributed by atoms with van der Waals surface area (Å²) in [6, 6.07) is 38.4. The molecule has 0 aliphatic carbocycles. The molecule has 4 heterocycles. The van der Waals surface area contributed by atoms with Crippen LogP contribution in [0, 0.1) is 5.41 Å². The van der Waals surface area contributed by atoms with Crippen molar-refractivity contribution in [2.75, 3.05) is 0 Å². The normalized spacial score (nSPS) is 12.8. The van der Waals surface area contributed by atoms with Crippen LogP contribution in [0.15, 0.2) is 116 Å². The van der Waals surface area contributed by atoms with Crippen LogP contribution in [0.25, 0.3) is 71.9 Å². The molecule has 0 saturated carbocycles. The number of pyridine rings is 2. The molecule has 5 heteroatoms. The van der Waals surface area contributed by atoms with E-state index in [1.165, 1.54) is 66.0 Å². The average molecular weight is 863 g/mol. The minimum absolute atomic E-state index is 0.0178. The molecular formula is C51H48N2OSe2. The molecule has 0 unspecified atom stereocenters. The van der Waals surface area contributed by atoms with Gasteiger partial charge in [-0.25, -0.2) is 0 Å². The summed E-state index contributed by atoms with van der Waals surface area (Å²) in [6.07, 6.45) is 5.02. The van der Waals surface area contributed by atoms with Gasteiger partial charge in [-0.3, -0.25) is 0 Å². The molecule has 0 fully saturated rings. The van der Waals surface area contributed by atoms with E-state index in [4.69, 9.17) is 14.7 Å². The Kier molecular flexibility index (Phi) is 8.99. The first-order valence-corrected chi connectivity index (χ1v) is 23.0. The van der Waals surface area contributed by atoms with E-state index in [1.807, 2.05) is 12.4 Å². The predicted molar refractivity (Wildman–Crippen MR) is 241 cm³/mol. The molecule has 0 N–H and O–H groups in total. The van der Waals surface area contributed by atoms with E-state index < -0.39 is 0 Å². The third-order valence-electron chi connectivity index (χ3n) is 10.8. The zero-order chi connectivity index (χ0) is 39.1. The second-order valence-electron chi connectivity index (χ2n) is 18.6. The van der Waals surface area contributed by atoms with Crippen LogP contribution in [-0.4, -0.2) is 39.0 Å². The van der Waals surface area contributed by atoms with E-state index in [2.05, 4.69) is 165 Å². The molecule has 0 amide bonds. The Labute approximate surface area is 342 Å². The molecule has 0 radical (unpaired) electrons. The van der Waals surface area contributed by atoms with Crippen LogP contribution in [0.1, 0.15) is 79.0 Å². The fourth-order valence-corrected chi connectivity index (χ4v) is 13.3. The minimum atomic E-state index is -0.0942. The molecule has 56 heavy (non-hydrogen) atoms. The molecule has 0 spiro atoms. The topological polar surface area (TPSA) is 35.0 Å². The zero-order valence-corrected chi connectivity index (χ0v) is 37.2. The second-order valence-corrected chi connectivity index (χ2v) is 22.9. The Bertz CT molecular complexity index is 2980. The Morgan fingerprint density at radius 2 is 1.27 bits per heavy atom. The summed E-state index contributed by atoms with van der Waals surface area (Å²) in [5.41, 5.74) is 8.39. The molecule has 0 aliphatic rings. The molecule has 9 aromatic rings. The summed E-state index contributed by atoms with van der Waals surface area (Å²) in [5.74, 6) is 1.65. The van der Waals surface area contributed by atoms with Gasteiger partial charge >= 0.3 is 344 Å². The van der Waals surface area contributed by atoms with Gasteiger partial charge in [-0.1, -0.05) is 0 Å². The first-order chi connectivity index (χ1) is 26.6. The molecule has 0 atom stereocenters. The van der Waals surface area contributed by atoms with Crippen LogP contribution < -0.4 is 4.74 Å². The first kappa shape index (κ1) is 37.1. The number of benzene rings is 5. The Balaban J connectivity index is 1.19. The summed E-state index contributed by atoms with van der Waals surface area (Å²) in [5, 5.41) is 7.91. The summed E-state index contributed by atoms with van der Waals surface area (Å²) in [7, 11) is 0. The molecule has 0 saturated heterocycles. The number of fused-ring (bicyclic) bond motifs is 8. The van der Waals surface area contributed by atoms with E-state index in [9.17, 15) is 0 Å². The average Bonchev–Trinajstić information content (AvgIpc) is 3.72. The van der Waals surface area contributed by atoms with Gasteiger partial charge in [0.15, 0.2) is 0 Å². The fraction of sp³-hybridized carbons (Fsp3) is 0.255. The summed E-state index contributed by atoms with van der Waals surface area (Å²) < 4.78 is 12.6. The van der Waals surface area contributed by atoms with Crippen LogP contribution in [-0.2, 0) is 17.3 Å². The Morgan fingerprint density at radius 1 is 0.536 bits per heavy atom. The number of hydrogen-bond acceptors (Lipinski definition) is 3. The fourth-order valence-electron chi connectivity index (χ4n) is 7.92. The monoisotopic (exact) mass is 864 g/mol. The standard InChI is InChI=1S/C51H48N2OSe2/c1-49(2,3)29-30-14-16-37-31(22-30)15-17-39-40-19-21-53-45(48(40)56-46(37)39)32-23-34(51(7,8)9)25-35(24-32)54-36-27-41-38-12-10-11-13-44(38)55-47(41)42(28-36)43-26-33(18-20-52-43)50(4,5)6/h10-28H,29H2,1-9H3. The maximum atomic E-state index is 7.02. The third-order valence-corrected chi connectivity index (χ3v) is 16.0. The zero-order valence-electron chi connectivity index (χ0n) is 33.8. The van der Waals surface area contributed by atoms with Gasteiger partial charge in [0.25, 0.3) is 0 Å². The summed E-state index contributed by atoms with van der Waals surface area (Å²) in [4.78, 5) is 10.1. The van der Waals surface area contributed by atoms with Gasteiger partial charge in [0.05, 0.1) is 0 Å². The molecule has 4 aromatic heterocycles. The van der Waals surface area contributed by atoms with Crippen LogP contribution in [0.5, 0.6) is 11.5 Å². The van der Waals surface area contributed by atoms with Crippen molar-refractivity contribution in [3.8, 4) is 34.0 Å². The van der Waals surface area contributed by atoms with Gasteiger partial charge in [0.2, 0.25) is 0 Å². The van der Waals surface area contributed by atoms with Gasteiger partial charge in [0.1, 0.15) is 0 Å². The van der Waals surface area contributed by atoms with Crippen LogP contribution in [0.4, 0.5) is 0 Å². The molecule has 5 aromatic carbocycles. The maximum absolute atomic E-state index is 7.02. The summed E-state index contributed by atoms with van der Waals surface area (Å²) in [6.45, 7) is 20.6. The van der Waals surface area contributed by atoms with Gasteiger partial charge in [-0.2, -0.15) is 0 Å². The van der Waals surface area contributed by atoms with Crippen molar-refractivity contribution in [2.45, 2.75) is 79.6 Å². The molecule has 280 valence electrons. The number of ether oxygens (including phenoxy) is 1. The van der Waals surface area contributed by atoms with E-state index in [0.29, 0.717) is 0 Å². The quantitative estimate of drug-likeness (QED) is 0.162. The molecule has 0 bridgehead atoms. The van der Waals surface area contributed by atoms with Gasteiger partial charge < -0.3 is 0 Å². The molecule has 3 nitrogen and oxygen atoms in total. The van der Waals surface area contributed by atoms with Crippen molar-refractivity contribution in [1.82, 2.24) is 9.97 Å². The molecule has 9 rings (SSSR count). The van der Waals surface area contributed by atoms with Gasteiger partial charge in [-0.05, 0) is 0 Å². The van der Waals surface area contributed by atoms with Crippen LogP contribution >= 0.6 is 0 Å². The SMILES string of the molecule is CC(C)(C)Cc1ccc2c(ccc3c4ccnc(-c5cc(Oc6cc(-c7cc(C(C)(C)C)ccn7)c7[se]c8ccccc8c7c6)cc(C(C)(C)C)c5)c4[se]c23)c1. The molecular weight excluding hydrogens is 814 g/mol. The Morgan fingerprint density at radius 3 is 2.05 bits per heavy atom. The van der Waals surface area contributed by atoms with Crippen molar-refractivity contribution in [3.63, 3.8) is 0 Å². The number of aromatic nitrogens is 2. The van der Waals surface area contributed by atoms with Gasteiger partial charge in [0, 0.05) is 0 Å². The first-order valence-electron chi connectivity index (χ1n) is 19.6. The third kappa shape index (κ3) is 6.94. The number of nitrogens with zero attached hydrogens (tertiary/aromatic N) is 2. The van der Waals surface area contributed by atoms with Crippen LogP contribution in [0.3, 0.4) is 0 Å². The van der Waals surface area contributed by atoms with E-state index >= 15 is 0 Å². The van der Waals surface area contributed by atoms with Crippen molar-refractivity contribution in [3.05, 3.63) is 132 Å². The van der Waals surface area contributed by atoms with Crippen LogP contribution in [0.2, 0.25) is 0 Å². The number of hydrogen-bond donors (Lipinski definition) is 0. The van der Waals surface area contributed by atoms with Crippen molar-refractivity contribution in [2.24, 2.45) is 5.41 Å². The van der Waals surface area contributed by atoms with E-state index in [1.54, 1.807) is 0 Å². The van der Waals surface area contributed by atoms with E-state index in [0.717, 1.165) is 40.4 Å². The van der Waals surface area contributed by atoms with Gasteiger partial charge in [-0.15, -0.1) is 0 Å².